The van der Waals surface area contributed by atoms with E-state index in [-0.39, 0.29) is 35.1 Å². The number of nitro benzene ring substituents is 1. The van der Waals surface area contributed by atoms with Gasteiger partial charge in [-0.15, -0.1) is 12.4 Å². The molecule has 27 heavy (non-hydrogen) atoms. The Morgan fingerprint density at radius 3 is 2.63 bits per heavy atom. The highest BCUT2D eigenvalue weighted by Gasteiger charge is 2.36. The molecule has 1 fully saturated rings. The summed E-state index contributed by atoms with van der Waals surface area (Å²) in [6.07, 6.45) is 0. The Kier molecular flexibility index (Phi) is 6.82. The lowest BCUT2D eigenvalue weighted by Crippen LogP contribution is -2.48. The van der Waals surface area contributed by atoms with Gasteiger partial charge < -0.3 is 5.32 Å². The summed E-state index contributed by atoms with van der Waals surface area (Å²) in [5, 5.41) is 14.9. The fourth-order valence-corrected chi connectivity index (χ4v) is 5.23. The van der Waals surface area contributed by atoms with Crippen molar-refractivity contribution in [3.8, 4) is 0 Å². The van der Waals surface area contributed by atoms with Crippen LogP contribution in [0.4, 0.5) is 5.69 Å². The van der Waals surface area contributed by atoms with Crippen molar-refractivity contribution in [2.75, 3.05) is 19.6 Å². The van der Waals surface area contributed by atoms with E-state index in [9.17, 15) is 18.5 Å². The van der Waals surface area contributed by atoms with Crippen LogP contribution in [0.15, 0.2) is 47.4 Å². The van der Waals surface area contributed by atoms with E-state index in [0.717, 1.165) is 5.56 Å². The molecule has 2 aromatic carbocycles. The van der Waals surface area contributed by atoms with Crippen LogP contribution in [0.3, 0.4) is 0 Å². The lowest BCUT2D eigenvalue weighted by Gasteiger charge is -2.35. The Morgan fingerprint density at radius 2 is 1.96 bits per heavy atom. The van der Waals surface area contributed by atoms with Gasteiger partial charge >= 0.3 is 0 Å². The van der Waals surface area contributed by atoms with Crippen LogP contribution in [0.2, 0.25) is 5.02 Å². The van der Waals surface area contributed by atoms with E-state index in [4.69, 9.17) is 11.6 Å². The quantitative estimate of drug-likeness (QED) is 0.591. The summed E-state index contributed by atoms with van der Waals surface area (Å²) in [5.41, 5.74) is 0.706. The largest absolute Gasteiger partial charge is 0.313 e. The lowest BCUT2D eigenvalue weighted by molar-refractivity contribution is -0.385. The van der Waals surface area contributed by atoms with E-state index in [1.165, 1.54) is 29.4 Å². The summed E-state index contributed by atoms with van der Waals surface area (Å²) < 4.78 is 28.0. The first kappa shape index (κ1) is 21.6. The number of nitrogens with one attached hydrogen (secondary N) is 1. The molecule has 1 saturated heterocycles. The maximum atomic E-state index is 13.3. The van der Waals surface area contributed by atoms with Gasteiger partial charge in [-0.2, -0.15) is 4.31 Å². The predicted octanol–water partition coefficient (Wildman–Crippen LogP) is 3.31. The topological polar surface area (TPSA) is 92.5 Å². The maximum Gasteiger partial charge on any atom is 0.273 e. The van der Waals surface area contributed by atoms with E-state index in [1.54, 1.807) is 18.2 Å². The van der Waals surface area contributed by atoms with Gasteiger partial charge in [-0.05, 0) is 30.7 Å². The van der Waals surface area contributed by atoms with Crippen LogP contribution >= 0.6 is 24.0 Å². The number of hydrogen-bond donors (Lipinski definition) is 1. The van der Waals surface area contributed by atoms with Crippen LogP contribution < -0.4 is 5.32 Å². The summed E-state index contributed by atoms with van der Waals surface area (Å²) >= 11 is 6.06. The van der Waals surface area contributed by atoms with Gasteiger partial charge in [0.25, 0.3) is 5.69 Å². The molecule has 1 N–H and O–H groups in total. The number of nitrogens with zero attached hydrogens (tertiary/aromatic N) is 2. The van der Waals surface area contributed by atoms with Gasteiger partial charge in [0.15, 0.2) is 0 Å². The molecule has 7 nitrogen and oxygen atoms in total. The first-order valence-electron chi connectivity index (χ1n) is 8.04. The number of hydrogen-bond acceptors (Lipinski definition) is 5. The third-order valence-corrected chi connectivity index (χ3v) is 6.75. The van der Waals surface area contributed by atoms with Gasteiger partial charge in [-0.3, -0.25) is 10.1 Å². The van der Waals surface area contributed by atoms with Crippen LogP contribution in [-0.2, 0) is 10.0 Å². The summed E-state index contributed by atoms with van der Waals surface area (Å²) in [5.74, 6) is 0. The van der Waals surface area contributed by atoms with Crippen molar-refractivity contribution in [1.82, 2.24) is 9.62 Å². The molecule has 1 atom stereocenters. The molecule has 1 aliphatic heterocycles. The molecule has 2 aromatic rings. The highest BCUT2D eigenvalue weighted by Crippen LogP contribution is 2.33. The number of nitro groups is 1. The Labute approximate surface area is 168 Å². The maximum absolute atomic E-state index is 13.3. The molecule has 0 amide bonds. The highest BCUT2D eigenvalue weighted by molar-refractivity contribution is 7.89. The van der Waals surface area contributed by atoms with E-state index in [1.807, 2.05) is 6.07 Å². The number of halogens is 2. The molecular formula is C17H19Cl2N3O4S. The van der Waals surface area contributed by atoms with Crippen LogP contribution in [0.1, 0.15) is 17.2 Å². The normalized spacial score (nSPS) is 17.9. The molecular weight excluding hydrogens is 413 g/mol. The molecule has 1 unspecified atom stereocenters. The number of sulfonamides is 1. The van der Waals surface area contributed by atoms with Crippen molar-refractivity contribution in [2.45, 2.75) is 17.9 Å². The van der Waals surface area contributed by atoms with Gasteiger partial charge in [-0.25, -0.2) is 8.42 Å². The predicted molar refractivity (Wildman–Crippen MR) is 106 cm³/mol. The first-order chi connectivity index (χ1) is 12.3. The minimum atomic E-state index is -3.91. The van der Waals surface area contributed by atoms with E-state index >= 15 is 0 Å². The molecule has 0 saturated carbocycles. The Balaban J connectivity index is 0.00000261. The summed E-state index contributed by atoms with van der Waals surface area (Å²) in [7, 11) is -3.91. The number of benzene rings is 2. The van der Waals surface area contributed by atoms with Gasteiger partial charge in [0.2, 0.25) is 10.0 Å². The smallest absolute Gasteiger partial charge is 0.273 e. The van der Waals surface area contributed by atoms with Crippen molar-refractivity contribution in [3.05, 3.63) is 68.7 Å². The lowest BCUT2D eigenvalue weighted by atomic mass is 10.1. The van der Waals surface area contributed by atoms with Crippen molar-refractivity contribution in [2.24, 2.45) is 0 Å². The molecule has 146 valence electrons. The second-order valence-corrected chi connectivity index (χ2v) is 8.34. The molecule has 1 heterocycles. The fraction of sp³-hybridized carbons (Fsp3) is 0.294. The molecule has 1 aliphatic rings. The fourth-order valence-electron chi connectivity index (χ4n) is 3.18. The summed E-state index contributed by atoms with van der Waals surface area (Å²) in [6, 6.07) is 10.7. The van der Waals surface area contributed by atoms with Gasteiger partial charge in [0.05, 0.1) is 15.9 Å². The molecule has 10 heteroatoms. The van der Waals surface area contributed by atoms with E-state index in [0.29, 0.717) is 18.1 Å². The van der Waals surface area contributed by atoms with Crippen molar-refractivity contribution >= 4 is 39.7 Å². The standard InChI is InChI=1S/C17H18ClN3O4S.ClH/c1-12-15(21(22)23)6-3-7-17(12)26(24,25)20-9-8-19-11-16(20)13-4-2-5-14(18)10-13;/h2-7,10,16,19H,8-9,11H2,1H3;1H. The SMILES string of the molecule is Cc1c([N+](=O)[O-])cccc1S(=O)(=O)N1CCNCC1c1cccc(Cl)c1.Cl. The first-order valence-corrected chi connectivity index (χ1v) is 9.86. The van der Waals surface area contributed by atoms with Gasteiger partial charge in [-0.1, -0.05) is 29.8 Å². The van der Waals surface area contributed by atoms with E-state index < -0.39 is 21.0 Å². The van der Waals surface area contributed by atoms with Crippen molar-refractivity contribution in [1.29, 1.82) is 0 Å². The summed E-state index contributed by atoms with van der Waals surface area (Å²) in [6.45, 7) is 2.67. The second-order valence-electron chi connectivity index (χ2n) is 6.05. The Hall–Kier alpha value is -1.71. The van der Waals surface area contributed by atoms with Crippen molar-refractivity contribution in [3.63, 3.8) is 0 Å². The zero-order chi connectivity index (χ0) is 18.9. The highest BCUT2D eigenvalue weighted by atomic mass is 35.5. The Morgan fingerprint density at radius 1 is 1.26 bits per heavy atom. The third-order valence-electron chi connectivity index (χ3n) is 4.47. The van der Waals surface area contributed by atoms with Gasteiger partial charge in [0, 0.05) is 36.3 Å². The van der Waals surface area contributed by atoms with Crippen molar-refractivity contribution < 1.29 is 13.3 Å². The zero-order valence-corrected chi connectivity index (χ0v) is 16.9. The van der Waals surface area contributed by atoms with Gasteiger partial charge in [0.1, 0.15) is 0 Å². The molecule has 0 bridgehead atoms. The Bertz CT molecular complexity index is 953. The van der Waals surface area contributed by atoms with Crippen LogP contribution in [-0.4, -0.2) is 37.3 Å². The summed E-state index contributed by atoms with van der Waals surface area (Å²) in [4.78, 5) is 10.6. The van der Waals surface area contributed by atoms with Crippen LogP contribution in [0.5, 0.6) is 0 Å². The monoisotopic (exact) mass is 431 g/mol. The molecule has 0 radical (unpaired) electrons. The van der Waals surface area contributed by atoms with E-state index in [2.05, 4.69) is 5.32 Å². The number of rotatable bonds is 4. The second kappa shape index (κ2) is 8.53. The average Bonchev–Trinajstić information content (AvgIpc) is 2.61. The minimum absolute atomic E-state index is 0. The molecule has 0 aliphatic carbocycles. The zero-order valence-electron chi connectivity index (χ0n) is 14.5. The average molecular weight is 432 g/mol. The molecule has 3 rings (SSSR count). The van der Waals surface area contributed by atoms with Crippen LogP contribution in [0.25, 0.3) is 0 Å². The molecule has 0 aromatic heterocycles. The third kappa shape index (κ3) is 4.25. The molecule has 0 spiro atoms. The minimum Gasteiger partial charge on any atom is -0.313 e. The van der Waals surface area contributed by atoms with Crippen LogP contribution in [0, 0.1) is 17.0 Å². The number of piperazine rings is 1.